The topological polar surface area (TPSA) is 77.7 Å². The largest absolute Gasteiger partial charge is 0.337 e. The molecule has 1 aliphatic rings. The predicted molar refractivity (Wildman–Crippen MR) is 106 cm³/mol. The van der Waals surface area contributed by atoms with Crippen LogP contribution in [0.1, 0.15) is 16.9 Å². The standard InChI is InChI=1S/C14H13N5O.C6H4ClF/c20-14(19-4-1-5-19)12-6-9-2-3-11(17-13(9)18-12)10-7-15-16-8-10;7-5-2-1-3-6(8)4-5/h2-3,6-8H,1,4-5H2,(H,15,16)(H,17,18);1-4H. The number of hydrogen-bond donors (Lipinski definition) is 2. The van der Waals surface area contributed by atoms with Gasteiger partial charge in [-0.05, 0) is 42.8 Å². The first-order chi connectivity index (χ1) is 13.6. The Labute approximate surface area is 165 Å². The Morgan fingerprint density at radius 3 is 2.64 bits per heavy atom. The molecule has 28 heavy (non-hydrogen) atoms. The highest BCUT2D eigenvalue weighted by atomic mass is 35.5. The van der Waals surface area contributed by atoms with Crippen LogP contribution in [0.3, 0.4) is 0 Å². The Bertz CT molecular complexity index is 1090. The minimum atomic E-state index is -0.294. The number of hydrogen-bond acceptors (Lipinski definition) is 3. The zero-order valence-electron chi connectivity index (χ0n) is 14.8. The van der Waals surface area contributed by atoms with Crippen molar-refractivity contribution in [2.75, 3.05) is 13.1 Å². The van der Waals surface area contributed by atoms with Gasteiger partial charge in [0.1, 0.15) is 17.2 Å². The molecule has 3 aromatic heterocycles. The summed E-state index contributed by atoms with van der Waals surface area (Å²) in [5.74, 6) is -0.239. The third-order valence-electron chi connectivity index (χ3n) is 4.43. The second-order valence-corrected chi connectivity index (χ2v) is 6.83. The number of rotatable bonds is 2. The first-order valence-electron chi connectivity index (χ1n) is 8.79. The molecule has 2 N–H and O–H groups in total. The van der Waals surface area contributed by atoms with Crippen molar-refractivity contribution in [1.29, 1.82) is 0 Å². The number of carbonyl (C=O) groups excluding carboxylic acids is 1. The number of H-pyrrole nitrogens is 2. The summed E-state index contributed by atoms with van der Waals surface area (Å²) in [5.41, 5.74) is 3.09. The lowest BCUT2D eigenvalue weighted by Crippen LogP contribution is -2.42. The Kier molecular flexibility index (Phi) is 5.08. The van der Waals surface area contributed by atoms with Crippen LogP contribution in [0.25, 0.3) is 22.3 Å². The fourth-order valence-corrected chi connectivity index (χ4v) is 3.00. The van der Waals surface area contributed by atoms with E-state index in [1.165, 1.54) is 12.1 Å². The van der Waals surface area contributed by atoms with Crippen LogP contribution in [-0.4, -0.2) is 44.1 Å². The van der Waals surface area contributed by atoms with Crippen LogP contribution in [0.5, 0.6) is 0 Å². The van der Waals surface area contributed by atoms with Crippen LogP contribution in [0, 0.1) is 5.82 Å². The summed E-state index contributed by atoms with van der Waals surface area (Å²) >= 11 is 5.40. The van der Waals surface area contributed by atoms with Crippen LogP contribution in [0.4, 0.5) is 4.39 Å². The van der Waals surface area contributed by atoms with Gasteiger partial charge in [-0.3, -0.25) is 9.89 Å². The normalized spacial score (nSPS) is 13.0. The second kappa shape index (κ2) is 7.82. The third kappa shape index (κ3) is 3.89. The molecular weight excluding hydrogens is 381 g/mol. The molecule has 0 spiro atoms. The number of halogens is 2. The van der Waals surface area contributed by atoms with Crippen molar-refractivity contribution in [2.24, 2.45) is 0 Å². The fourth-order valence-electron chi connectivity index (χ4n) is 2.82. The minimum absolute atomic E-state index is 0.0547. The van der Waals surface area contributed by atoms with Gasteiger partial charge in [0, 0.05) is 35.3 Å². The number of benzene rings is 1. The number of likely N-dealkylation sites (tertiary alicyclic amines) is 1. The Morgan fingerprint density at radius 2 is 2.04 bits per heavy atom. The van der Waals surface area contributed by atoms with Gasteiger partial charge in [-0.1, -0.05) is 17.7 Å². The van der Waals surface area contributed by atoms with E-state index >= 15 is 0 Å². The highest BCUT2D eigenvalue weighted by Gasteiger charge is 2.23. The zero-order chi connectivity index (χ0) is 19.5. The van der Waals surface area contributed by atoms with Crippen LogP contribution in [-0.2, 0) is 0 Å². The molecule has 0 bridgehead atoms. The molecule has 0 aliphatic carbocycles. The molecule has 5 rings (SSSR count). The molecule has 8 heteroatoms. The summed E-state index contributed by atoms with van der Waals surface area (Å²) in [5, 5.41) is 8.07. The van der Waals surface area contributed by atoms with E-state index in [4.69, 9.17) is 11.6 Å². The zero-order valence-corrected chi connectivity index (χ0v) is 15.6. The lowest BCUT2D eigenvalue weighted by atomic mass is 10.2. The molecule has 0 radical (unpaired) electrons. The summed E-state index contributed by atoms with van der Waals surface area (Å²) in [7, 11) is 0. The van der Waals surface area contributed by atoms with Crippen LogP contribution >= 0.6 is 11.6 Å². The maximum absolute atomic E-state index is 12.2. The van der Waals surface area contributed by atoms with Crippen molar-refractivity contribution in [1.82, 2.24) is 25.1 Å². The molecule has 0 atom stereocenters. The van der Waals surface area contributed by atoms with Gasteiger partial charge in [0.2, 0.25) is 0 Å². The van der Waals surface area contributed by atoms with Crippen LogP contribution in [0.15, 0.2) is 54.9 Å². The molecule has 6 nitrogen and oxygen atoms in total. The maximum atomic E-state index is 12.2. The lowest BCUT2D eigenvalue weighted by molar-refractivity contribution is 0.0646. The summed E-state index contributed by atoms with van der Waals surface area (Å²) in [6.45, 7) is 1.70. The summed E-state index contributed by atoms with van der Waals surface area (Å²) < 4.78 is 12.1. The first-order valence-corrected chi connectivity index (χ1v) is 9.17. The SMILES string of the molecule is Fc1cccc(Cl)c1.O=C(c1cc2ccc(-c3cn[nH]c3)nc2[nH]1)N1CCC1. The van der Waals surface area contributed by atoms with E-state index in [2.05, 4.69) is 20.2 Å². The predicted octanol–water partition coefficient (Wildman–Crippen LogP) is 4.28. The minimum Gasteiger partial charge on any atom is -0.337 e. The molecule has 142 valence electrons. The van der Waals surface area contributed by atoms with Crippen molar-refractivity contribution in [3.05, 3.63) is 71.4 Å². The number of nitrogens with one attached hydrogen (secondary N) is 2. The van der Waals surface area contributed by atoms with Crippen LogP contribution < -0.4 is 0 Å². The molecular formula is C20H17ClFN5O. The van der Waals surface area contributed by atoms with E-state index in [1.54, 1.807) is 24.5 Å². The highest BCUT2D eigenvalue weighted by Crippen LogP contribution is 2.22. The molecule has 4 aromatic rings. The number of fused-ring (bicyclic) bond motifs is 1. The maximum Gasteiger partial charge on any atom is 0.270 e. The van der Waals surface area contributed by atoms with Crippen molar-refractivity contribution in [3.63, 3.8) is 0 Å². The number of aromatic nitrogens is 4. The van der Waals surface area contributed by atoms with Crippen molar-refractivity contribution in [2.45, 2.75) is 6.42 Å². The van der Waals surface area contributed by atoms with E-state index in [0.29, 0.717) is 10.7 Å². The number of carbonyl (C=O) groups is 1. The average molecular weight is 398 g/mol. The van der Waals surface area contributed by atoms with Crippen molar-refractivity contribution in [3.8, 4) is 11.3 Å². The summed E-state index contributed by atoms with van der Waals surface area (Å²) in [4.78, 5) is 21.6. The van der Waals surface area contributed by atoms with E-state index < -0.39 is 0 Å². The number of aromatic amines is 2. The molecule has 0 unspecified atom stereocenters. The van der Waals surface area contributed by atoms with Gasteiger partial charge in [0.15, 0.2) is 0 Å². The highest BCUT2D eigenvalue weighted by molar-refractivity contribution is 6.30. The molecule has 1 fully saturated rings. The molecule has 0 saturated carbocycles. The average Bonchev–Trinajstić information content (AvgIpc) is 3.29. The van der Waals surface area contributed by atoms with E-state index in [-0.39, 0.29) is 11.7 Å². The van der Waals surface area contributed by atoms with Gasteiger partial charge in [0.25, 0.3) is 5.91 Å². The van der Waals surface area contributed by atoms with Crippen LogP contribution in [0.2, 0.25) is 5.02 Å². The molecule has 1 saturated heterocycles. The smallest absolute Gasteiger partial charge is 0.270 e. The van der Waals surface area contributed by atoms with Gasteiger partial charge >= 0.3 is 0 Å². The summed E-state index contributed by atoms with van der Waals surface area (Å²) in [6.07, 6.45) is 4.61. The Hall–Kier alpha value is -3.19. The van der Waals surface area contributed by atoms with E-state index in [0.717, 1.165) is 41.8 Å². The van der Waals surface area contributed by atoms with Gasteiger partial charge in [-0.2, -0.15) is 5.10 Å². The summed E-state index contributed by atoms with van der Waals surface area (Å²) in [6, 6.07) is 11.6. The van der Waals surface area contributed by atoms with Gasteiger partial charge < -0.3 is 9.88 Å². The number of pyridine rings is 1. The number of amides is 1. The van der Waals surface area contributed by atoms with Crippen molar-refractivity contribution >= 4 is 28.5 Å². The monoisotopic (exact) mass is 397 g/mol. The van der Waals surface area contributed by atoms with Crippen molar-refractivity contribution < 1.29 is 9.18 Å². The lowest BCUT2D eigenvalue weighted by Gasteiger charge is -2.30. The fraction of sp³-hybridized carbons (Fsp3) is 0.150. The molecule has 1 aliphatic heterocycles. The third-order valence-corrected chi connectivity index (χ3v) is 4.67. The van der Waals surface area contributed by atoms with Gasteiger partial charge in [-0.25, -0.2) is 9.37 Å². The second-order valence-electron chi connectivity index (χ2n) is 6.39. The van der Waals surface area contributed by atoms with E-state index in [1.807, 2.05) is 23.1 Å². The van der Waals surface area contributed by atoms with Gasteiger partial charge in [0.05, 0.1) is 11.9 Å². The number of nitrogens with zero attached hydrogens (tertiary/aromatic N) is 3. The Morgan fingerprint density at radius 1 is 1.18 bits per heavy atom. The van der Waals surface area contributed by atoms with E-state index in [9.17, 15) is 9.18 Å². The Balaban J connectivity index is 0.000000203. The molecule has 1 aromatic carbocycles. The van der Waals surface area contributed by atoms with Gasteiger partial charge in [-0.15, -0.1) is 0 Å². The quantitative estimate of drug-likeness (QED) is 0.530. The molecule has 1 amide bonds. The molecule has 4 heterocycles. The first kappa shape index (κ1) is 18.2.